The first kappa shape index (κ1) is 18.2. The van der Waals surface area contributed by atoms with Gasteiger partial charge in [-0.15, -0.1) is 0 Å². The van der Waals surface area contributed by atoms with E-state index in [2.05, 4.69) is 69.2 Å². The second kappa shape index (κ2) is 6.94. The van der Waals surface area contributed by atoms with E-state index in [-0.39, 0.29) is 11.0 Å². The van der Waals surface area contributed by atoms with E-state index in [4.69, 9.17) is 4.98 Å². The Kier molecular flexibility index (Phi) is 4.86. The van der Waals surface area contributed by atoms with Crippen LogP contribution in [0.5, 0.6) is 0 Å². The summed E-state index contributed by atoms with van der Waals surface area (Å²) in [7, 11) is 0. The topological polar surface area (TPSA) is 42.2 Å². The van der Waals surface area contributed by atoms with Gasteiger partial charge in [-0.05, 0) is 43.4 Å². The normalized spacial score (nSPS) is 12.8. The van der Waals surface area contributed by atoms with Crippen LogP contribution >= 0.6 is 0 Å². The molecule has 0 atom stereocenters. The van der Waals surface area contributed by atoms with Gasteiger partial charge >= 0.3 is 0 Å². The van der Waals surface area contributed by atoms with Gasteiger partial charge in [0, 0.05) is 17.9 Å². The van der Waals surface area contributed by atoms with E-state index in [1.54, 1.807) is 6.20 Å². The Balaban J connectivity index is 1.98. The molecule has 1 aromatic carbocycles. The summed E-state index contributed by atoms with van der Waals surface area (Å²) in [6.07, 6.45) is 8.96. The molecule has 4 nitrogen and oxygen atoms in total. The zero-order valence-corrected chi connectivity index (χ0v) is 16.3. The molecule has 0 aliphatic rings. The Morgan fingerprint density at radius 1 is 1.00 bits per heavy atom. The SMILES string of the molecule is CC(C)(C)CC(C)(C)Nc1c(/C=C/c2ccccc2)nc2ncccn12. The number of rotatable bonds is 5. The van der Waals surface area contributed by atoms with Crippen LogP contribution in [0.3, 0.4) is 0 Å². The Labute approximate surface area is 156 Å². The summed E-state index contributed by atoms with van der Waals surface area (Å²) < 4.78 is 2.02. The molecule has 1 N–H and O–H groups in total. The zero-order chi connectivity index (χ0) is 18.8. The summed E-state index contributed by atoms with van der Waals surface area (Å²) in [6, 6.07) is 12.2. The van der Waals surface area contributed by atoms with E-state index in [0.717, 1.165) is 23.5 Å². The molecule has 0 radical (unpaired) electrons. The third-order valence-corrected chi connectivity index (χ3v) is 4.09. The molecule has 0 fully saturated rings. The monoisotopic (exact) mass is 348 g/mol. The molecule has 26 heavy (non-hydrogen) atoms. The first-order valence-electron chi connectivity index (χ1n) is 9.08. The molecule has 0 spiro atoms. The van der Waals surface area contributed by atoms with Gasteiger partial charge in [-0.3, -0.25) is 4.40 Å². The van der Waals surface area contributed by atoms with Crippen molar-refractivity contribution in [2.75, 3.05) is 5.32 Å². The minimum absolute atomic E-state index is 0.0700. The van der Waals surface area contributed by atoms with Crippen LogP contribution in [0, 0.1) is 5.41 Å². The van der Waals surface area contributed by atoms with Crippen LogP contribution in [0.15, 0.2) is 48.8 Å². The fourth-order valence-electron chi connectivity index (χ4n) is 3.57. The fourth-order valence-corrected chi connectivity index (χ4v) is 3.57. The van der Waals surface area contributed by atoms with Crippen molar-refractivity contribution in [3.63, 3.8) is 0 Å². The highest BCUT2D eigenvalue weighted by Crippen LogP contribution is 2.31. The number of anilines is 1. The number of benzene rings is 1. The van der Waals surface area contributed by atoms with Gasteiger partial charge in [-0.2, -0.15) is 0 Å². The maximum absolute atomic E-state index is 4.71. The highest BCUT2D eigenvalue weighted by molar-refractivity contribution is 5.75. The van der Waals surface area contributed by atoms with Crippen LogP contribution in [0.4, 0.5) is 5.82 Å². The number of nitrogens with zero attached hydrogens (tertiary/aromatic N) is 3. The van der Waals surface area contributed by atoms with Crippen LogP contribution in [0.2, 0.25) is 0 Å². The van der Waals surface area contributed by atoms with Crippen LogP contribution in [-0.4, -0.2) is 19.9 Å². The third-order valence-electron chi connectivity index (χ3n) is 4.09. The van der Waals surface area contributed by atoms with Gasteiger partial charge in [0.1, 0.15) is 11.5 Å². The van der Waals surface area contributed by atoms with Gasteiger partial charge in [0.25, 0.3) is 0 Å². The maximum atomic E-state index is 4.71. The van der Waals surface area contributed by atoms with Crippen molar-refractivity contribution in [2.45, 2.75) is 46.6 Å². The van der Waals surface area contributed by atoms with Crippen molar-refractivity contribution < 1.29 is 0 Å². The number of imidazole rings is 1. The van der Waals surface area contributed by atoms with Crippen molar-refractivity contribution in [3.05, 3.63) is 60.0 Å². The third kappa shape index (κ3) is 4.51. The van der Waals surface area contributed by atoms with Crippen LogP contribution in [0.1, 0.15) is 52.3 Å². The lowest BCUT2D eigenvalue weighted by Gasteiger charge is -2.34. The van der Waals surface area contributed by atoms with E-state index in [9.17, 15) is 0 Å². The first-order chi connectivity index (χ1) is 12.2. The molecular weight excluding hydrogens is 320 g/mol. The molecule has 3 aromatic rings. The molecule has 136 valence electrons. The number of fused-ring (bicyclic) bond motifs is 1. The molecule has 0 saturated heterocycles. The Morgan fingerprint density at radius 3 is 2.42 bits per heavy atom. The minimum atomic E-state index is -0.0700. The second-order valence-corrected chi connectivity index (χ2v) is 8.63. The molecule has 0 bridgehead atoms. The lowest BCUT2D eigenvalue weighted by molar-refractivity contribution is 0.302. The average Bonchev–Trinajstić information content (AvgIpc) is 2.89. The Hall–Kier alpha value is -2.62. The number of hydrogen-bond acceptors (Lipinski definition) is 3. The standard InChI is InChI=1S/C22H28N4/c1-21(2,3)16-22(4,5)25-19-18(13-12-17-10-7-6-8-11-17)24-20-23-14-9-15-26(19)20/h6-15,25H,16H2,1-5H3/b13-12+. The number of nitrogens with one attached hydrogen (secondary N) is 1. The molecule has 3 rings (SSSR count). The smallest absolute Gasteiger partial charge is 0.235 e. The van der Waals surface area contributed by atoms with Crippen LogP contribution in [0.25, 0.3) is 17.9 Å². The van der Waals surface area contributed by atoms with Crippen LogP contribution in [-0.2, 0) is 0 Å². The van der Waals surface area contributed by atoms with Crippen molar-refractivity contribution in [1.82, 2.24) is 14.4 Å². The van der Waals surface area contributed by atoms with Crippen LogP contribution < -0.4 is 5.32 Å². The predicted octanol–water partition coefficient (Wildman–Crippen LogP) is 5.53. The number of hydrogen-bond donors (Lipinski definition) is 1. The summed E-state index contributed by atoms with van der Waals surface area (Å²) in [5.74, 6) is 1.68. The van der Waals surface area contributed by atoms with Gasteiger partial charge in [-0.25, -0.2) is 9.97 Å². The van der Waals surface area contributed by atoms with Crippen molar-refractivity contribution in [2.24, 2.45) is 5.41 Å². The highest BCUT2D eigenvalue weighted by Gasteiger charge is 2.27. The van der Waals surface area contributed by atoms with Gasteiger partial charge in [0.15, 0.2) is 0 Å². The molecule has 0 unspecified atom stereocenters. The largest absolute Gasteiger partial charge is 0.364 e. The lowest BCUT2D eigenvalue weighted by Crippen LogP contribution is -2.36. The van der Waals surface area contributed by atoms with E-state index < -0.39 is 0 Å². The summed E-state index contributed by atoms with van der Waals surface area (Å²) in [5, 5.41) is 3.71. The highest BCUT2D eigenvalue weighted by atomic mass is 15.2. The van der Waals surface area contributed by atoms with Gasteiger partial charge in [0.05, 0.1) is 0 Å². The molecule has 0 aliphatic heterocycles. The lowest BCUT2D eigenvalue weighted by atomic mass is 9.82. The molecule has 0 aliphatic carbocycles. The Morgan fingerprint density at radius 2 is 1.73 bits per heavy atom. The quantitative estimate of drug-likeness (QED) is 0.659. The molecule has 4 heteroatoms. The summed E-state index contributed by atoms with van der Waals surface area (Å²) >= 11 is 0. The van der Waals surface area contributed by atoms with Gasteiger partial charge < -0.3 is 5.32 Å². The summed E-state index contributed by atoms with van der Waals surface area (Å²) in [6.45, 7) is 11.3. The molecule has 0 saturated carbocycles. The zero-order valence-electron chi connectivity index (χ0n) is 16.3. The Bertz CT molecular complexity index is 899. The molecule has 0 amide bonds. The van der Waals surface area contributed by atoms with E-state index >= 15 is 0 Å². The van der Waals surface area contributed by atoms with E-state index in [1.165, 1.54) is 0 Å². The van der Waals surface area contributed by atoms with E-state index in [0.29, 0.717) is 5.78 Å². The molecular formula is C22H28N4. The minimum Gasteiger partial charge on any atom is -0.364 e. The van der Waals surface area contributed by atoms with Crippen molar-refractivity contribution in [1.29, 1.82) is 0 Å². The molecule has 2 aromatic heterocycles. The average molecular weight is 348 g/mol. The first-order valence-corrected chi connectivity index (χ1v) is 9.08. The van der Waals surface area contributed by atoms with Gasteiger partial charge in [-0.1, -0.05) is 57.2 Å². The molecule has 2 heterocycles. The summed E-state index contributed by atoms with van der Waals surface area (Å²) in [5.41, 5.74) is 2.21. The van der Waals surface area contributed by atoms with Gasteiger partial charge in [0.2, 0.25) is 5.78 Å². The maximum Gasteiger partial charge on any atom is 0.235 e. The summed E-state index contributed by atoms with van der Waals surface area (Å²) in [4.78, 5) is 9.11. The van der Waals surface area contributed by atoms with E-state index in [1.807, 2.05) is 34.9 Å². The fraction of sp³-hybridized carbons (Fsp3) is 0.364. The number of aromatic nitrogens is 3. The van der Waals surface area contributed by atoms with Crippen molar-refractivity contribution in [3.8, 4) is 0 Å². The predicted molar refractivity (Wildman–Crippen MR) is 110 cm³/mol. The second-order valence-electron chi connectivity index (χ2n) is 8.63. The van der Waals surface area contributed by atoms with Crippen molar-refractivity contribution >= 4 is 23.7 Å².